The fourth-order valence-corrected chi connectivity index (χ4v) is 2.06. The number of halogens is 3. The number of H-pyrrole nitrogens is 1. The van der Waals surface area contributed by atoms with Gasteiger partial charge in [0.05, 0.1) is 11.7 Å². The van der Waals surface area contributed by atoms with Crippen LogP contribution in [0.3, 0.4) is 0 Å². The molecule has 0 spiro atoms. The first kappa shape index (κ1) is 15.8. The Kier molecular flexibility index (Phi) is 3.87. The Bertz CT molecular complexity index is 882. The number of hydrogen-bond acceptors (Lipinski definition) is 5. The minimum atomic E-state index is -4.58. The van der Waals surface area contributed by atoms with Gasteiger partial charge in [-0.2, -0.15) is 13.2 Å². The minimum absolute atomic E-state index is 0.393. The first-order chi connectivity index (χ1) is 11.4. The molecule has 0 aromatic carbocycles. The van der Waals surface area contributed by atoms with Crippen molar-refractivity contribution in [1.29, 1.82) is 0 Å². The van der Waals surface area contributed by atoms with Gasteiger partial charge in [-0.05, 0) is 0 Å². The van der Waals surface area contributed by atoms with E-state index >= 15 is 0 Å². The Balaban J connectivity index is 2.10. The van der Waals surface area contributed by atoms with Crippen molar-refractivity contribution in [2.75, 3.05) is 14.1 Å². The summed E-state index contributed by atoms with van der Waals surface area (Å²) in [5, 5.41) is 0.582. The average molecular weight is 335 g/mol. The van der Waals surface area contributed by atoms with E-state index in [0.29, 0.717) is 28.0 Å². The first-order valence-electron chi connectivity index (χ1n) is 6.78. The van der Waals surface area contributed by atoms with E-state index in [2.05, 4.69) is 29.9 Å². The fourth-order valence-electron chi connectivity index (χ4n) is 2.06. The molecule has 0 fully saturated rings. The van der Waals surface area contributed by atoms with Crippen LogP contribution < -0.4 is 0 Å². The number of nitrogens with zero attached hydrogens (tertiary/aromatic N) is 6. The highest BCUT2D eigenvalue weighted by Crippen LogP contribution is 2.33. The second-order valence-electron chi connectivity index (χ2n) is 5.12. The van der Waals surface area contributed by atoms with E-state index in [1.54, 1.807) is 17.4 Å². The summed E-state index contributed by atoms with van der Waals surface area (Å²) in [5.74, 6) is -0.793. The van der Waals surface area contributed by atoms with Gasteiger partial charge in [0.1, 0.15) is 12.0 Å². The largest absolute Gasteiger partial charge is 0.451 e. The van der Waals surface area contributed by atoms with Crippen molar-refractivity contribution in [3.05, 3.63) is 30.7 Å². The van der Waals surface area contributed by atoms with E-state index in [0.717, 1.165) is 12.4 Å². The van der Waals surface area contributed by atoms with Crippen LogP contribution in [0, 0.1) is 0 Å². The predicted octanol–water partition coefficient (Wildman–Crippen LogP) is 2.66. The molecule has 3 rings (SSSR count). The number of alkyl halides is 3. The molecule has 10 heteroatoms. The van der Waals surface area contributed by atoms with Crippen LogP contribution in [0.25, 0.3) is 22.2 Å². The number of rotatable bonds is 3. The second kappa shape index (κ2) is 5.87. The highest BCUT2D eigenvalue weighted by Gasteiger charge is 2.34. The molecule has 0 radical (unpaired) electrons. The van der Waals surface area contributed by atoms with Crippen molar-refractivity contribution in [2.24, 2.45) is 4.99 Å². The van der Waals surface area contributed by atoms with Crippen molar-refractivity contribution in [3.63, 3.8) is 0 Å². The Morgan fingerprint density at radius 3 is 2.46 bits per heavy atom. The minimum Gasteiger partial charge on any atom is -0.369 e. The number of fused-ring (bicyclic) bond motifs is 1. The lowest BCUT2D eigenvalue weighted by molar-refractivity contribution is -0.144. The summed E-state index contributed by atoms with van der Waals surface area (Å²) < 4.78 is 37.7. The predicted molar refractivity (Wildman–Crippen MR) is 81.8 cm³/mol. The number of aromatic amines is 1. The second-order valence-corrected chi connectivity index (χ2v) is 5.12. The molecule has 0 aliphatic heterocycles. The molecule has 0 aliphatic rings. The highest BCUT2D eigenvalue weighted by atomic mass is 19.4. The van der Waals surface area contributed by atoms with Crippen LogP contribution in [0.1, 0.15) is 5.82 Å². The highest BCUT2D eigenvalue weighted by molar-refractivity contribution is 6.00. The van der Waals surface area contributed by atoms with Crippen LogP contribution in [0.15, 0.2) is 29.9 Å². The van der Waals surface area contributed by atoms with Crippen molar-refractivity contribution in [3.8, 4) is 11.1 Å². The van der Waals surface area contributed by atoms with Gasteiger partial charge in [0.15, 0.2) is 5.82 Å². The summed E-state index contributed by atoms with van der Waals surface area (Å²) in [6.45, 7) is 0. The third kappa shape index (κ3) is 3.03. The van der Waals surface area contributed by atoms with Crippen molar-refractivity contribution in [1.82, 2.24) is 29.8 Å². The maximum Gasteiger partial charge on any atom is 0.451 e. The molecule has 7 nitrogen and oxygen atoms in total. The standard InChI is InChI=1S/C14H12F3N7/c1-24(2)7-23-12-10-9(5-18-11(10)21-6-22-12)8-3-19-13(20-4-8)14(15,16)17/h3-7H,1-2H3,(H,18,21,22)/b23-7+. The topological polar surface area (TPSA) is 83.0 Å². The van der Waals surface area contributed by atoms with Gasteiger partial charge in [0, 0.05) is 43.8 Å². The number of nitrogens with one attached hydrogen (secondary N) is 1. The molecule has 0 saturated heterocycles. The van der Waals surface area contributed by atoms with Crippen LogP contribution in [0.4, 0.5) is 19.0 Å². The third-order valence-corrected chi connectivity index (χ3v) is 3.08. The Morgan fingerprint density at radius 2 is 1.83 bits per heavy atom. The molecule has 3 heterocycles. The van der Waals surface area contributed by atoms with Gasteiger partial charge < -0.3 is 9.88 Å². The van der Waals surface area contributed by atoms with Crippen LogP contribution in [0.2, 0.25) is 0 Å². The van der Waals surface area contributed by atoms with Gasteiger partial charge in [-0.1, -0.05) is 0 Å². The van der Waals surface area contributed by atoms with Gasteiger partial charge in [0.25, 0.3) is 0 Å². The Labute approximate surface area is 134 Å². The van der Waals surface area contributed by atoms with Gasteiger partial charge in [0.2, 0.25) is 5.82 Å². The smallest absolute Gasteiger partial charge is 0.369 e. The quantitative estimate of drug-likeness (QED) is 0.588. The normalized spacial score (nSPS) is 12.2. The van der Waals surface area contributed by atoms with Gasteiger partial charge in [-0.25, -0.2) is 24.9 Å². The molecule has 1 N–H and O–H groups in total. The van der Waals surface area contributed by atoms with Crippen LogP contribution in [-0.2, 0) is 6.18 Å². The number of aliphatic imine (C=N–C) groups is 1. The Hall–Kier alpha value is -3.04. The van der Waals surface area contributed by atoms with Crippen molar-refractivity contribution >= 4 is 23.2 Å². The molecular weight excluding hydrogens is 323 g/mol. The molecule has 124 valence electrons. The molecule has 0 unspecified atom stereocenters. The van der Waals surface area contributed by atoms with E-state index in [1.807, 2.05) is 14.1 Å². The molecule has 3 aromatic heterocycles. The van der Waals surface area contributed by atoms with E-state index < -0.39 is 12.0 Å². The monoisotopic (exact) mass is 335 g/mol. The Morgan fingerprint density at radius 1 is 1.12 bits per heavy atom. The molecule has 24 heavy (non-hydrogen) atoms. The molecule has 0 atom stereocenters. The summed E-state index contributed by atoms with van der Waals surface area (Å²) in [6, 6.07) is 0. The number of aromatic nitrogens is 5. The molecular formula is C14H12F3N7. The first-order valence-corrected chi connectivity index (χ1v) is 6.78. The van der Waals surface area contributed by atoms with Crippen LogP contribution >= 0.6 is 0 Å². The zero-order valence-electron chi connectivity index (χ0n) is 12.7. The van der Waals surface area contributed by atoms with E-state index in [-0.39, 0.29) is 0 Å². The summed E-state index contributed by atoms with van der Waals surface area (Å²) in [6.07, 6.45) is 2.19. The van der Waals surface area contributed by atoms with E-state index in [1.165, 1.54) is 6.33 Å². The summed E-state index contributed by atoms with van der Waals surface area (Å²) >= 11 is 0. The average Bonchev–Trinajstić information content (AvgIpc) is 2.96. The maximum absolute atomic E-state index is 12.6. The van der Waals surface area contributed by atoms with Crippen LogP contribution in [0.5, 0.6) is 0 Å². The molecule has 0 saturated carbocycles. The zero-order chi connectivity index (χ0) is 17.3. The molecule has 0 amide bonds. The maximum atomic E-state index is 12.6. The van der Waals surface area contributed by atoms with Gasteiger partial charge in [-0.15, -0.1) is 0 Å². The van der Waals surface area contributed by atoms with E-state index in [4.69, 9.17) is 0 Å². The summed E-state index contributed by atoms with van der Waals surface area (Å²) in [5.41, 5.74) is 1.50. The number of hydrogen-bond donors (Lipinski definition) is 1. The molecule has 0 bridgehead atoms. The fraction of sp³-hybridized carbons (Fsp3) is 0.214. The van der Waals surface area contributed by atoms with E-state index in [9.17, 15) is 13.2 Å². The SMILES string of the molecule is CN(C)/C=N/c1ncnc2[nH]cc(-c3cnc(C(F)(F)F)nc3)c12. The lowest BCUT2D eigenvalue weighted by Gasteiger charge is -2.06. The van der Waals surface area contributed by atoms with Crippen molar-refractivity contribution in [2.45, 2.75) is 6.18 Å². The molecule has 3 aromatic rings. The van der Waals surface area contributed by atoms with Gasteiger partial charge in [-0.3, -0.25) is 0 Å². The zero-order valence-corrected chi connectivity index (χ0v) is 12.7. The summed E-state index contributed by atoms with van der Waals surface area (Å²) in [4.78, 5) is 23.9. The lowest BCUT2D eigenvalue weighted by Crippen LogP contribution is -2.10. The summed E-state index contributed by atoms with van der Waals surface area (Å²) in [7, 11) is 3.62. The molecule has 0 aliphatic carbocycles. The third-order valence-electron chi connectivity index (χ3n) is 3.08. The lowest BCUT2D eigenvalue weighted by atomic mass is 10.1. The van der Waals surface area contributed by atoms with Crippen LogP contribution in [-0.4, -0.2) is 50.3 Å². The van der Waals surface area contributed by atoms with Gasteiger partial charge >= 0.3 is 6.18 Å². The van der Waals surface area contributed by atoms with Crippen molar-refractivity contribution < 1.29 is 13.2 Å².